The second-order valence-corrected chi connectivity index (χ2v) is 7.57. The SMILES string of the molecule is O=C(NCc1ccccc1Cl)c1ccc(-c2cc(N3CCCCC3)ncn2)cc1. The molecule has 29 heavy (non-hydrogen) atoms. The molecule has 1 saturated heterocycles. The summed E-state index contributed by atoms with van der Waals surface area (Å²) in [6, 6.07) is 17.0. The van der Waals surface area contributed by atoms with Crippen molar-refractivity contribution in [3.05, 3.63) is 77.1 Å². The van der Waals surface area contributed by atoms with E-state index < -0.39 is 0 Å². The van der Waals surface area contributed by atoms with Crippen LogP contribution in [-0.4, -0.2) is 29.0 Å². The Morgan fingerprint density at radius 1 is 1.00 bits per heavy atom. The summed E-state index contributed by atoms with van der Waals surface area (Å²) in [5.74, 6) is 0.837. The molecular formula is C23H23ClN4O. The first-order chi connectivity index (χ1) is 14.2. The molecule has 2 aromatic carbocycles. The van der Waals surface area contributed by atoms with Gasteiger partial charge in [-0.15, -0.1) is 0 Å². The minimum atomic E-state index is -0.131. The average Bonchev–Trinajstić information content (AvgIpc) is 2.79. The normalized spacial score (nSPS) is 13.9. The summed E-state index contributed by atoms with van der Waals surface area (Å²) >= 11 is 6.14. The molecule has 6 heteroatoms. The zero-order valence-electron chi connectivity index (χ0n) is 16.1. The molecule has 1 amide bonds. The third-order valence-electron chi connectivity index (χ3n) is 5.17. The van der Waals surface area contributed by atoms with Gasteiger partial charge in [-0.2, -0.15) is 0 Å². The summed E-state index contributed by atoms with van der Waals surface area (Å²) in [6.45, 7) is 2.48. The zero-order chi connectivity index (χ0) is 20.1. The third-order valence-corrected chi connectivity index (χ3v) is 5.54. The Hall–Kier alpha value is -2.92. The lowest BCUT2D eigenvalue weighted by molar-refractivity contribution is 0.0951. The first-order valence-corrected chi connectivity index (χ1v) is 10.3. The first-order valence-electron chi connectivity index (χ1n) is 9.90. The molecule has 5 nitrogen and oxygen atoms in total. The number of carbonyl (C=O) groups excluding carboxylic acids is 1. The van der Waals surface area contributed by atoms with Gasteiger partial charge in [-0.3, -0.25) is 4.79 Å². The van der Waals surface area contributed by atoms with Crippen LogP contribution in [-0.2, 0) is 6.54 Å². The minimum absolute atomic E-state index is 0.131. The van der Waals surface area contributed by atoms with E-state index in [1.807, 2.05) is 54.6 Å². The molecule has 1 aromatic heterocycles. The molecule has 148 valence electrons. The number of rotatable bonds is 5. The molecule has 1 N–H and O–H groups in total. The van der Waals surface area contributed by atoms with E-state index in [4.69, 9.17) is 11.6 Å². The van der Waals surface area contributed by atoms with E-state index in [1.54, 1.807) is 6.33 Å². The molecule has 1 fully saturated rings. The second kappa shape index (κ2) is 9.05. The van der Waals surface area contributed by atoms with E-state index in [2.05, 4.69) is 20.2 Å². The van der Waals surface area contributed by atoms with Crippen LogP contribution in [0, 0.1) is 0 Å². The van der Waals surface area contributed by atoms with Gasteiger partial charge in [0.15, 0.2) is 0 Å². The largest absolute Gasteiger partial charge is 0.357 e. The Morgan fingerprint density at radius 2 is 1.76 bits per heavy atom. The molecule has 0 spiro atoms. The lowest BCUT2D eigenvalue weighted by Gasteiger charge is -2.27. The Kier molecular flexibility index (Phi) is 6.06. The van der Waals surface area contributed by atoms with Gasteiger partial charge in [0.1, 0.15) is 12.1 Å². The van der Waals surface area contributed by atoms with Crippen molar-refractivity contribution in [1.82, 2.24) is 15.3 Å². The standard InChI is InChI=1S/C23H23ClN4O/c24-20-7-3-2-6-19(20)15-25-23(29)18-10-8-17(9-11-18)21-14-22(27-16-26-21)28-12-4-1-5-13-28/h2-3,6-11,14,16H,1,4-5,12-13,15H2,(H,25,29). The van der Waals surface area contributed by atoms with Crippen LogP contribution in [0.2, 0.25) is 5.02 Å². The maximum absolute atomic E-state index is 12.5. The number of hydrogen-bond donors (Lipinski definition) is 1. The number of anilines is 1. The van der Waals surface area contributed by atoms with E-state index in [-0.39, 0.29) is 5.91 Å². The summed E-state index contributed by atoms with van der Waals surface area (Å²) in [6.07, 6.45) is 5.31. The van der Waals surface area contributed by atoms with Gasteiger partial charge in [-0.25, -0.2) is 9.97 Å². The molecule has 4 rings (SSSR count). The molecule has 3 aromatic rings. The van der Waals surface area contributed by atoms with Gasteiger partial charge < -0.3 is 10.2 Å². The van der Waals surface area contributed by atoms with Crippen LogP contribution >= 0.6 is 11.6 Å². The first kappa shape index (κ1) is 19.4. The fourth-order valence-electron chi connectivity index (χ4n) is 3.51. The number of piperidine rings is 1. The summed E-state index contributed by atoms with van der Waals surface area (Å²) in [5.41, 5.74) is 3.33. The Balaban J connectivity index is 1.43. The predicted octanol–water partition coefficient (Wildman–Crippen LogP) is 4.72. The van der Waals surface area contributed by atoms with Crippen molar-refractivity contribution in [2.24, 2.45) is 0 Å². The Labute approximate surface area is 175 Å². The highest BCUT2D eigenvalue weighted by Crippen LogP contribution is 2.23. The van der Waals surface area contributed by atoms with Crippen molar-refractivity contribution in [3.8, 4) is 11.3 Å². The quantitative estimate of drug-likeness (QED) is 0.666. The summed E-state index contributed by atoms with van der Waals surface area (Å²) in [4.78, 5) is 23.6. The maximum Gasteiger partial charge on any atom is 0.251 e. The van der Waals surface area contributed by atoms with Crippen LogP contribution in [0.25, 0.3) is 11.3 Å². The lowest BCUT2D eigenvalue weighted by atomic mass is 10.1. The van der Waals surface area contributed by atoms with Gasteiger partial charge in [0, 0.05) is 41.9 Å². The number of benzene rings is 2. The fraction of sp³-hybridized carbons (Fsp3) is 0.261. The van der Waals surface area contributed by atoms with E-state index in [0.717, 1.165) is 35.7 Å². The highest BCUT2D eigenvalue weighted by molar-refractivity contribution is 6.31. The summed E-state index contributed by atoms with van der Waals surface area (Å²) in [5, 5.41) is 3.56. The number of halogens is 1. The molecular weight excluding hydrogens is 384 g/mol. The monoisotopic (exact) mass is 406 g/mol. The number of aromatic nitrogens is 2. The smallest absolute Gasteiger partial charge is 0.251 e. The van der Waals surface area contributed by atoms with E-state index >= 15 is 0 Å². The number of nitrogens with one attached hydrogen (secondary N) is 1. The third kappa shape index (κ3) is 4.74. The molecule has 0 radical (unpaired) electrons. The second-order valence-electron chi connectivity index (χ2n) is 7.16. The number of hydrogen-bond acceptors (Lipinski definition) is 4. The van der Waals surface area contributed by atoms with Crippen LogP contribution in [0.4, 0.5) is 5.82 Å². The van der Waals surface area contributed by atoms with E-state index in [1.165, 1.54) is 19.3 Å². The topological polar surface area (TPSA) is 58.1 Å². The van der Waals surface area contributed by atoms with Gasteiger partial charge in [-0.05, 0) is 43.0 Å². The van der Waals surface area contributed by atoms with Crippen molar-refractivity contribution in [3.63, 3.8) is 0 Å². The van der Waals surface area contributed by atoms with E-state index in [9.17, 15) is 4.79 Å². The van der Waals surface area contributed by atoms with Gasteiger partial charge >= 0.3 is 0 Å². The molecule has 2 heterocycles. The van der Waals surface area contributed by atoms with Crippen LogP contribution in [0.3, 0.4) is 0 Å². The highest BCUT2D eigenvalue weighted by atomic mass is 35.5. The van der Waals surface area contributed by atoms with Gasteiger partial charge in [0.25, 0.3) is 5.91 Å². The van der Waals surface area contributed by atoms with Crippen LogP contribution in [0.15, 0.2) is 60.9 Å². The van der Waals surface area contributed by atoms with Crippen molar-refractivity contribution in [2.75, 3.05) is 18.0 Å². The summed E-state index contributed by atoms with van der Waals surface area (Å²) in [7, 11) is 0. The van der Waals surface area contributed by atoms with Crippen molar-refractivity contribution >= 4 is 23.3 Å². The molecule has 0 unspecified atom stereocenters. The molecule has 0 bridgehead atoms. The lowest BCUT2D eigenvalue weighted by Crippen LogP contribution is -2.30. The highest BCUT2D eigenvalue weighted by Gasteiger charge is 2.13. The number of nitrogens with zero attached hydrogens (tertiary/aromatic N) is 3. The molecule has 0 atom stereocenters. The summed E-state index contributed by atoms with van der Waals surface area (Å²) < 4.78 is 0. The van der Waals surface area contributed by atoms with E-state index in [0.29, 0.717) is 17.1 Å². The Bertz CT molecular complexity index is 984. The molecule has 1 aliphatic rings. The van der Waals surface area contributed by atoms with Crippen molar-refractivity contribution < 1.29 is 4.79 Å². The van der Waals surface area contributed by atoms with Crippen molar-refractivity contribution in [1.29, 1.82) is 0 Å². The molecule has 1 aliphatic heterocycles. The fourth-order valence-corrected chi connectivity index (χ4v) is 3.72. The van der Waals surface area contributed by atoms with Crippen LogP contribution in [0.5, 0.6) is 0 Å². The average molecular weight is 407 g/mol. The maximum atomic E-state index is 12.5. The van der Waals surface area contributed by atoms with Crippen LogP contribution < -0.4 is 10.2 Å². The number of amides is 1. The Morgan fingerprint density at radius 3 is 2.52 bits per heavy atom. The van der Waals surface area contributed by atoms with Gasteiger partial charge in [0.05, 0.1) is 5.69 Å². The number of carbonyl (C=O) groups is 1. The van der Waals surface area contributed by atoms with Gasteiger partial charge in [0.2, 0.25) is 0 Å². The van der Waals surface area contributed by atoms with Crippen LogP contribution in [0.1, 0.15) is 35.2 Å². The molecule has 0 saturated carbocycles. The minimum Gasteiger partial charge on any atom is -0.357 e. The predicted molar refractivity (Wildman–Crippen MR) is 116 cm³/mol. The van der Waals surface area contributed by atoms with Crippen molar-refractivity contribution in [2.45, 2.75) is 25.8 Å². The zero-order valence-corrected chi connectivity index (χ0v) is 16.9. The van der Waals surface area contributed by atoms with Gasteiger partial charge in [-0.1, -0.05) is 41.9 Å². The molecule has 0 aliphatic carbocycles.